The average molecular weight is 460 g/mol. The van der Waals surface area contributed by atoms with E-state index in [0.29, 0.717) is 24.2 Å². The van der Waals surface area contributed by atoms with E-state index in [9.17, 15) is 9.59 Å². The van der Waals surface area contributed by atoms with Gasteiger partial charge in [0, 0.05) is 33.8 Å². The normalized spacial score (nSPS) is 21.0. The molecule has 1 aliphatic heterocycles. The van der Waals surface area contributed by atoms with Gasteiger partial charge in [-0.2, -0.15) is 0 Å². The minimum atomic E-state index is -0.397. The lowest BCUT2D eigenvalue weighted by Gasteiger charge is -2.39. The van der Waals surface area contributed by atoms with E-state index in [2.05, 4.69) is 42.0 Å². The fraction of sp³-hybridized carbons (Fsp3) is 0.500. The maximum atomic E-state index is 13.2. The summed E-state index contributed by atoms with van der Waals surface area (Å²) in [7, 11) is 0. The number of nitrogens with one attached hydrogen (secondary N) is 1. The molecular weight excluding hydrogens is 430 g/mol. The first-order valence-electron chi connectivity index (χ1n) is 10.4. The van der Waals surface area contributed by atoms with Crippen LogP contribution >= 0.6 is 15.9 Å². The maximum absolute atomic E-state index is 13.2. The Kier molecular flexibility index (Phi) is 6.67. The number of hydrogen-bond acceptors (Lipinski definition) is 4. The number of Topliss-reactive ketones (excluding diaryl/α,β-unsaturated/α-hetero) is 1. The molecule has 1 atom stereocenters. The Morgan fingerprint density at radius 1 is 1.28 bits per heavy atom. The number of unbranched alkanes of at least 4 members (excludes halogenated alkanes) is 2. The van der Waals surface area contributed by atoms with E-state index in [-0.39, 0.29) is 17.2 Å². The van der Waals surface area contributed by atoms with Crippen molar-refractivity contribution in [1.82, 2.24) is 5.32 Å². The summed E-state index contributed by atoms with van der Waals surface area (Å²) in [6.45, 7) is 8.65. The van der Waals surface area contributed by atoms with Crippen LogP contribution in [-0.4, -0.2) is 18.4 Å². The van der Waals surface area contributed by atoms with Crippen molar-refractivity contribution >= 4 is 27.7 Å². The lowest BCUT2D eigenvalue weighted by molar-refractivity contribution is -0.139. The second-order valence-electron chi connectivity index (χ2n) is 8.83. The van der Waals surface area contributed by atoms with Crippen LogP contribution in [0.25, 0.3) is 0 Å². The minimum absolute atomic E-state index is 0.0941. The number of allylic oxidation sites excluding steroid dienone is 3. The second kappa shape index (κ2) is 8.86. The summed E-state index contributed by atoms with van der Waals surface area (Å²) in [5, 5.41) is 3.38. The Labute approximate surface area is 181 Å². The first-order chi connectivity index (χ1) is 13.7. The molecule has 2 aliphatic rings. The predicted octanol–water partition coefficient (Wildman–Crippen LogP) is 5.79. The summed E-state index contributed by atoms with van der Waals surface area (Å²) in [6.07, 6.45) is 4.22. The van der Waals surface area contributed by atoms with E-state index >= 15 is 0 Å². The van der Waals surface area contributed by atoms with Crippen molar-refractivity contribution in [3.05, 3.63) is 56.8 Å². The van der Waals surface area contributed by atoms with Crippen LogP contribution in [0, 0.1) is 5.41 Å². The van der Waals surface area contributed by atoms with Gasteiger partial charge in [0.05, 0.1) is 12.2 Å². The number of rotatable bonds is 6. The molecule has 156 valence electrons. The summed E-state index contributed by atoms with van der Waals surface area (Å²) in [5.41, 5.74) is 3.82. The first kappa shape index (κ1) is 21.8. The molecule has 1 N–H and O–H groups in total. The maximum Gasteiger partial charge on any atom is 0.336 e. The molecular formula is C24H30BrNO3. The van der Waals surface area contributed by atoms with Gasteiger partial charge in [-0.1, -0.05) is 61.7 Å². The first-order valence-corrected chi connectivity index (χ1v) is 11.2. The largest absolute Gasteiger partial charge is 0.462 e. The molecule has 29 heavy (non-hydrogen) atoms. The number of hydrogen-bond donors (Lipinski definition) is 1. The van der Waals surface area contributed by atoms with Crippen molar-refractivity contribution in [3.8, 4) is 0 Å². The smallest absolute Gasteiger partial charge is 0.336 e. The minimum Gasteiger partial charge on any atom is -0.462 e. The lowest BCUT2D eigenvalue weighted by atomic mass is 9.68. The van der Waals surface area contributed by atoms with E-state index < -0.39 is 5.92 Å². The van der Waals surface area contributed by atoms with Gasteiger partial charge in [-0.15, -0.1) is 0 Å². The number of carbonyl (C=O) groups excluding carboxylic acids is 2. The third-order valence-corrected chi connectivity index (χ3v) is 6.12. The number of carbonyl (C=O) groups is 2. The monoisotopic (exact) mass is 459 g/mol. The van der Waals surface area contributed by atoms with Crippen LogP contribution in [0.3, 0.4) is 0 Å². The lowest BCUT2D eigenvalue weighted by Crippen LogP contribution is -2.38. The number of dihydropyridines is 1. The molecule has 0 saturated carbocycles. The Bertz CT molecular complexity index is 882. The summed E-state index contributed by atoms with van der Waals surface area (Å²) in [5.74, 6) is -0.621. The van der Waals surface area contributed by atoms with Gasteiger partial charge in [0.1, 0.15) is 0 Å². The van der Waals surface area contributed by atoms with Crippen molar-refractivity contribution in [3.63, 3.8) is 0 Å². The van der Waals surface area contributed by atoms with Crippen molar-refractivity contribution in [2.24, 2.45) is 5.41 Å². The standard InChI is InChI=1S/C24H30BrNO3/c1-5-6-7-11-29-23(28)20-15(2)26-18-13-24(3,4)14-19(27)22(18)21(20)16-9-8-10-17(25)12-16/h8-10,12,21,26H,5-7,11,13-14H2,1-4H3. The van der Waals surface area contributed by atoms with Gasteiger partial charge in [0.25, 0.3) is 0 Å². The van der Waals surface area contributed by atoms with Gasteiger partial charge in [-0.25, -0.2) is 4.79 Å². The van der Waals surface area contributed by atoms with E-state index in [1.54, 1.807) is 0 Å². The molecule has 5 heteroatoms. The number of halogens is 1. The van der Waals surface area contributed by atoms with E-state index in [1.165, 1.54) is 0 Å². The molecule has 4 nitrogen and oxygen atoms in total. The number of esters is 1. The molecule has 0 saturated heterocycles. The molecule has 0 radical (unpaired) electrons. The quantitative estimate of drug-likeness (QED) is 0.432. The predicted molar refractivity (Wildman–Crippen MR) is 118 cm³/mol. The van der Waals surface area contributed by atoms with Crippen molar-refractivity contribution < 1.29 is 14.3 Å². The van der Waals surface area contributed by atoms with Gasteiger partial charge in [-0.05, 0) is 42.9 Å². The summed E-state index contributed by atoms with van der Waals surface area (Å²) >= 11 is 3.53. The molecule has 0 bridgehead atoms. The van der Waals surface area contributed by atoms with Crippen molar-refractivity contribution in [2.45, 2.75) is 65.7 Å². The molecule has 1 heterocycles. The topological polar surface area (TPSA) is 55.4 Å². The van der Waals surface area contributed by atoms with Crippen molar-refractivity contribution in [2.75, 3.05) is 6.61 Å². The van der Waals surface area contributed by atoms with Crippen LogP contribution < -0.4 is 5.32 Å². The Hall–Kier alpha value is -1.88. The molecule has 0 fully saturated rings. The highest BCUT2D eigenvalue weighted by molar-refractivity contribution is 9.10. The molecule has 0 spiro atoms. The van der Waals surface area contributed by atoms with Gasteiger partial charge >= 0.3 is 5.97 Å². The molecule has 1 aliphatic carbocycles. The zero-order valence-corrected chi connectivity index (χ0v) is 19.3. The average Bonchev–Trinajstić information content (AvgIpc) is 2.63. The van der Waals surface area contributed by atoms with Crippen LogP contribution in [-0.2, 0) is 14.3 Å². The summed E-state index contributed by atoms with van der Waals surface area (Å²) in [6, 6.07) is 7.87. The molecule has 1 aromatic carbocycles. The van der Waals surface area contributed by atoms with Gasteiger partial charge in [0.2, 0.25) is 0 Å². The molecule has 0 aromatic heterocycles. The number of benzene rings is 1. The SMILES string of the molecule is CCCCCOC(=O)C1=C(C)NC2=C(C(=O)CC(C)(C)C2)C1c1cccc(Br)c1. The third-order valence-electron chi connectivity index (χ3n) is 5.62. The zero-order chi connectivity index (χ0) is 21.2. The van der Waals surface area contributed by atoms with Gasteiger partial charge in [-0.3, -0.25) is 4.79 Å². The molecule has 3 rings (SSSR count). The molecule has 1 aromatic rings. The highest BCUT2D eigenvalue weighted by atomic mass is 79.9. The third kappa shape index (κ3) is 4.82. The molecule has 1 unspecified atom stereocenters. The van der Waals surface area contributed by atoms with Crippen molar-refractivity contribution in [1.29, 1.82) is 0 Å². The van der Waals surface area contributed by atoms with Crippen LogP contribution in [0.15, 0.2) is 51.3 Å². The van der Waals surface area contributed by atoms with E-state index in [4.69, 9.17) is 4.74 Å². The summed E-state index contributed by atoms with van der Waals surface area (Å²) in [4.78, 5) is 26.3. The fourth-order valence-electron chi connectivity index (χ4n) is 4.32. The van der Waals surface area contributed by atoms with E-state index in [1.807, 2.05) is 31.2 Å². The van der Waals surface area contributed by atoms with Crippen LogP contribution in [0.4, 0.5) is 0 Å². The van der Waals surface area contributed by atoms with Crippen LogP contribution in [0.5, 0.6) is 0 Å². The highest BCUT2D eigenvalue weighted by Crippen LogP contribution is 2.47. The van der Waals surface area contributed by atoms with Gasteiger partial charge in [0.15, 0.2) is 5.78 Å². The Morgan fingerprint density at radius 2 is 2.03 bits per heavy atom. The Balaban J connectivity index is 2.03. The zero-order valence-electron chi connectivity index (χ0n) is 17.7. The molecule has 0 amide bonds. The number of ether oxygens (including phenoxy) is 1. The second-order valence-corrected chi connectivity index (χ2v) is 9.74. The fourth-order valence-corrected chi connectivity index (χ4v) is 4.74. The van der Waals surface area contributed by atoms with Crippen LogP contribution in [0.2, 0.25) is 0 Å². The highest BCUT2D eigenvalue weighted by Gasteiger charge is 2.43. The van der Waals surface area contributed by atoms with Gasteiger partial charge < -0.3 is 10.1 Å². The number of ketones is 1. The Morgan fingerprint density at radius 3 is 2.72 bits per heavy atom. The van der Waals surface area contributed by atoms with Crippen LogP contribution in [0.1, 0.15) is 71.3 Å². The summed E-state index contributed by atoms with van der Waals surface area (Å²) < 4.78 is 6.53. The van der Waals surface area contributed by atoms with E-state index in [0.717, 1.165) is 47.1 Å².